The number of hydrogen-bond donors (Lipinski definition) is 1. The predicted octanol–water partition coefficient (Wildman–Crippen LogP) is 2.07. The molecule has 5 atom stereocenters. The van der Waals surface area contributed by atoms with E-state index >= 15 is 0 Å². The Labute approximate surface area is 140 Å². The molecule has 0 radical (unpaired) electrons. The third-order valence-corrected chi connectivity index (χ3v) is 5.09. The summed E-state index contributed by atoms with van der Waals surface area (Å²) >= 11 is 0. The van der Waals surface area contributed by atoms with Crippen molar-refractivity contribution in [3.63, 3.8) is 0 Å². The molecule has 134 valence electrons. The smallest absolute Gasteiger partial charge is 0.404 e. The highest BCUT2D eigenvalue weighted by atomic mass is 31.2. The Kier molecular flexibility index (Phi) is 4.99. The molecule has 3 rings (SSSR count). The zero-order chi connectivity index (χ0) is 17.4. The van der Waals surface area contributed by atoms with Gasteiger partial charge in [-0.2, -0.15) is 0 Å². The van der Waals surface area contributed by atoms with E-state index in [1.807, 2.05) is 0 Å². The highest BCUT2D eigenvalue weighted by Crippen LogP contribution is 2.53. The molecule has 2 aliphatic heterocycles. The van der Waals surface area contributed by atoms with Gasteiger partial charge < -0.3 is 23.8 Å². The van der Waals surface area contributed by atoms with E-state index < -0.39 is 38.2 Å². The van der Waals surface area contributed by atoms with E-state index in [2.05, 4.69) is 0 Å². The maximum absolute atomic E-state index is 12.8. The fraction of sp³-hybridized carbons (Fsp3) is 0.600. The Bertz CT molecular complexity index is 607. The first-order chi connectivity index (χ1) is 11.4. The monoisotopic (exact) mass is 360 g/mol. The maximum Gasteiger partial charge on any atom is 0.530 e. The van der Waals surface area contributed by atoms with Gasteiger partial charge >= 0.3 is 7.82 Å². The van der Waals surface area contributed by atoms with Crippen molar-refractivity contribution < 1.29 is 37.5 Å². The molecule has 1 aromatic rings. The Balaban J connectivity index is 1.77. The van der Waals surface area contributed by atoms with Gasteiger partial charge in [-0.15, -0.1) is 0 Å². The van der Waals surface area contributed by atoms with Crippen LogP contribution in [0.25, 0.3) is 0 Å². The number of phosphoric acid groups is 1. The third-order valence-electron chi connectivity index (χ3n) is 3.70. The number of hydrogen-bond acceptors (Lipinski definition) is 8. The fourth-order valence-electron chi connectivity index (χ4n) is 2.68. The summed E-state index contributed by atoms with van der Waals surface area (Å²) in [5.74, 6) is -0.531. The molecule has 0 aromatic heterocycles. The molecule has 0 spiro atoms. The molecule has 0 saturated carbocycles. The van der Waals surface area contributed by atoms with Gasteiger partial charge in [0.1, 0.15) is 24.1 Å². The molecule has 0 unspecified atom stereocenters. The van der Waals surface area contributed by atoms with E-state index in [-0.39, 0.29) is 6.61 Å². The largest absolute Gasteiger partial charge is 0.530 e. The summed E-state index contributed by atoms with van der Waals surface area (Å²) in [6.07, 6.45) is -3.00. The second-order valence-corrected chi connectivity index (χ2v) is 7.58. The van der Waals surface area contributed by atoms with Crippen LogP contribution in [-0.4, -0.2) is 49.2 Å². The number of rotatable bonds is 6. The molecule has 9 heteroatoms. The summed E-state index contributed by atoms with van der Waals surface area (Å²) in [7, 11) is -2.72. The van der Waals surface area contributed by atoms with Gasteiger partial charge in [-0.05, 0) is 26.0 Å². The molecule has 2 saturated heterocycles. The lowest BCUT2D eigenvalue weighted by Crippen LogP contribution is -2.38. The van der Waals surface area contributed by atoms with Crippen LogP contribution in [0.15, 0.2) is 30.3 Å². The van der Waals surface area contributed by atoms with Crippen LogP contribution in [-0.2, 0) is 27.8 Å². The quantitative estimate of drug-likeness (QED) is 0.771. The van der Waals surface area contributed by atoms with Crippen molar-refractivity contribution in [2.24, 2.45) is 0 Å². The summed E-state index contributed by atoms with van der Waals surface area (Å²) in [5.41, 5.74) is 0. The molecular weight excluding hydrogens is 339 g/mol. The molecule has 0 bridgehead atoms. The molecule has 2 heterocycles. The van der Waals surface area contributed by atoms with Gasteiger partial charge in [0.2, 0.25) is 0 Å². The number of fused-ring (bicyclic) bond motifs is 1. The Morgan fingerprint density at radius 1 is 1.25 bits per heavy atom. The highest BCUT2D eigenvalue weighted by molar-refractivity contribution is 7.48. The van der Waals surface area contributed by atoms with Crippen molar-refractivity contribution in [3.05, 3.63) is 30.3 Å². The second-order valence-electron chi connectivity index (χ2n) is 5.93. The molecule has 0 amide bonds. The van der Waals surface area contributed by atoms with Crippen molar-refractivity contribution in [3.8, 4) is 5.75 Å². The van der Waals surface area contributed by atoms with Crippen LogP contribution in [0.3, 0.4) is 0 Å². The minimum Gasteiger partial charge on any atom is -0.404 e. The van der Waals surface area contributed by atoms with E-state index in [0.29, 0.717) is 5.75 Å². The second kappa shape index (κ2) is 6.72. The number of para-hydroxylation sites is 1. The molecule has 2 aliphatic rings. The van der Waals surface area contributed by atoms with Crippen molar-refractivity contribution in [1.29, 1.82) is 0 Å². The van der Waals surface area contributed by atoms with Crippen molar-refractivity contribution in [2.75, 3.05) is 13.7 Å². The number of benzene rings is 1. The van der Waals surface area contributed by atoms with Crippen LogP contribution in [0.4, 0.5) is 0 Å². The Hall–Kier alpha value is -0.990. The summed E-state index contributed by atoms with van der Waals surface area (Å²) < 4.78 is 45.7. The van der Waals surface area contributed by atoms with Crippen LogP contribution in [0.2, 0.25) is 0 Å². The van der Waals surface area contributed by atoms with Gasteiger partial charge in [-0.25, -0.2) is 4.57 Å². The first-order valence-corrected chi connectivity index (χ1v) is 9.03. The lowest BCUT2D eigenvalue weighted by atomic mass is 10.1. The van der Waals surface area contributed by atoms with E-state index in [0.717, 1.165) is 0 Å². The van der Waals surface area contributed by atoms with Gasteiger partial charge in [0.25, 0.3) is 0 Å². The zero-order valence-electron chi connectivity index (χ0n) is 13.7. The number of aliphatic hydroxyl groups excluding tert-OH is 1. The summed E-state index contributed by atoms with van der Waals surface area (Å²) in [4.78, 5) is 0. The van der Waals surface area contributed by atoms with Crippen LogP contribution >= 0.6 is 7.82 Å². The molecule has 8 nitrogen and oxygen atoms in total. The minimum atomic E-state index is -3.94. The van der Waals surface area contributed by atoms with Crippen LogP contribution < -0.4 is 4.52 Å². The highest BCUT2D eigenvalue weighted by Gasteiger charge is 2.57. The minimum absolute atomic E-state index is 0.336. The molecular formula is C15H21O8P. The molecule has 24 heavy (non-hydrogen) atoms. The standard InChI is InChI=1S/C15H21O8P/c1-15(2)20-13-12(11(9-16)19-14(13)21-15)23-24(17,18-3)22-10-7-5-4-6-8-10/h4-8,11-14,16H,9H2,1-3H3/t11-,12+,13-,14-,24+/m1/s1. The first kappa shape index (κ1) is 17.8. The van der Waals surface area contributed by atoms with Crippen LogP contribution in [0.5, 0.6) is 5.75 Å². The topological polar surface area (TPSA) is 92.7 Å². The van der Waals surface area contributed by atoms with Gasteiger partial charge in [-0.1, -0.05) is 18.2 Å². The van der Waals surface area contributed by atoms with Crippen molar-refractivity contribution >= 4 is 7.82 Å². The van der Waals surface area contributed by atoms with Crippen molar-refractivity contribution in [1.82, 2.24) is 0 Å². The fourth-order valence-corrected chi connectivity index (χ4v) is 3.82. The van der Waals surface area contributed by atoms with Crippen LogP contribution in [0.1, 0.15) is 13.8 Å². The van der Waals surface area contributed by atoms with Gasteiger partial charge in [0, 0.05) is 7.11 Å². The summed E-state index contributed by atoms with van der Waals surface area (Å²) in [5, 5.41) is 9.49. The van der Waals surface area contributed by atoms with E-state index in [1.54, 1.807) is 44.2 Å². The molecule has 0 aliphatic carbocycles. The molecule has 1 aromatic carbocycles. The Morgan fingerprint density at radius 2 is 1.96 bits per heavy atom. The van der Waals surface area contributed by atoms with E-state index in [1.165, 1.54) is 7.11 Å². The lowest BCUT2D eigenvalue weighted by Gasteiger charge is -2.27. The summed E-state index contributed by atoms with van der Waals surface area (Å²) in [6.45, 7) is 3.12. The average molecular weight is 360 g/mol. The average Bonchev–Trinajstić information content (AvgIpc) is 3.01. The van der Waals surface area contributed by atoms with E-state index in [9.17, 15) is 9.67 Å². The predicted molar refractivity (Wildman–Crippen MR) is 82.3 cm³/mol. The third kappa shape index (κ3) is 3.65. The van der Waals surface area contributed by atoms with Crippen LogP contribution in [0, 0.1) is 0 Å². The zero-order valence-corrected chi connectivity index (χ0v) is 14.5. The first-order valence-electron chi connectivity index (χ1n) is 7.56. The lowest BCUT2D eigenvalue weighted by molar-refractivity contribution is -0.217. The normalized spacial score (nSPS) is 33.8. The number of aliphatic hydroxyl groups is 1. The van der Waals surface area contributed by atoms with E-state index in [4.69, 9.17) is 27.8 Å². The summed E-state index contributed by atoms with van der Waals surface area (Å²) in [6, 6.07) is 8.53. The maximum atomic E-state index is 12.8. The number of phosphoric ester groups is 1. The SMILES string of the molecule is CO[P@@](=O)(Oc1ccccc1)O[C@@H]1[C@H]2OC(C)(C)O[C@H]2O[C@@H]1CO. The Morgan fingerprint density at radius 3 is 2.58 bits per heavy atom. The van der Waals surface area contributed by atoms with Gasteiger partial charge in [-0.3, -0.25) is 9.05 Å². The van der Waals surface area contributed by atoms with Crippen molar-refractivity contribution in [2.45, 2.75) is 44.2 Å². The van der Waals surface area contributed by atoms with Gasteiger partial charge in [0.15, 0.2) is 12.1 Å². The number of ether oxygens (including phenoxy) is 3. The molecule has 2 fully saturated rings. The molecule has 1 N–H and O–H groups in total. The van der Waals surface area contributed by atoms with Gasteiger partial charge in [0.05, 0.1) is 6.61 Å².